The highest BCUT2D eigenvalue weighted by Gasteiger charge is 2.22. The van der Waals surface area contributed by atoms with E-state index in [1.165, 1.54) is 21.9 Å². The summed E-state index contributed by atoms with van der Waals surface area (Å²) in [6.45, 7) is 7.21. The molecule has 0 aromatic heterocycles. The van der Waals surface area contributed by atoms with Crippen LogP contribution in [0.1, 0.15) is 23.1 Å². The van der Waals surface area contributed by atoms with Gasteiger partial charge in [0.05, 0.1) is 6.54 Å². The second-order valence-electron chi connectivity index (χ2n) is 8.63. The summed E-state index contributed by atoms with van der Waals surface area (Å²) in [7, 11) is 0. The van der Waals surface area contributed by atoms with Gasteiger partial charge in [0.2, 0.25) is 11.8 Å². The van der Waals surface area contributed by atoms with Crippen LogP contribution in [0.5, 0.6) is 0 Å². The fraction of sp³-hybridized carbons (Fsp3) is 0.333. The van der Waals surface area contributed by atoms with Crippen molar-refractivity contribution in [1.29, 1.82) is 0 Å². The number of rotatable bonds is 6. The summed E-state index contributed by atoms with van der Waals surface area (Å²) in [5.41, 5.74) is 4.33. The molecular weight excluding hydrogens is 398 g/mol. The fourth-order valence-electron chi connectivity index (χ4n) is 4.24. The Morgan fingerprint density at radius 2 is 1.62 bits per heavy atom. The van der Waals surface area contributed by atoms with E-state index in [-0.39, 0.29) is 11.8 Å². The van der Waals surface area contributed by atoms with Crippen molar-refractivity contribution in [1.82, 2.24) is 9.80 Å². The minimum absolute atomic E-state index is 0.00483. The molecule has 1 aliphatic rings. The van der Waals surface area contributed by atoms with Crippen molar-refractivity contribution in [3.05, 3.63) is 77.4 Å². The van der Waals surface area contributed by atoms with Crippen molar-refractivity contribution in [2.75, 3.05) is 38.0 Å². The number of nitrogens with one attached hydrogen (secondary N) is 1. The predicted octanol–water partition coefficient (Wildman–Crippen LogP) is 4.17. The maximum Gasteiger partial charge on any atom is 0.238 e. The molecule has 1 heterocycles. The van der Waals surface area contributed by atoms with Gasteiger partial charge in [0.1, 0.15) is 0 Å². The molecule has 0 aliphatic carbocycles. The first-order valence-electron chi connectivity index (χ1n) is 11.3. The maximum absolute atomic E-state index is 12.7. The van der Waals surface area contributed by atoms with Crippen LogP contribution in [0.4, 0.5) is 5.69 Å². The lowest BCUT2D eigenvalue weighted by Crippen LogP contribution is -2.50. The Kier molecular flexibility index (Phi) is 6.86. The molecule has 166 valence electrons. The van der Waals surface area contributed by atoms with Crippen LogP contribution in [0.3, 0.4) is 0 Å². The highest BCUT2D eigenvalue weighted by atomic mass is 16.2. The average Bonchev–Trinajstić information content (AvgIpc) is 2.81. The molecule has 0 radical (unpaired) electrons. The summed E-state index contributed by atoms with van der Waals surface area (Å²) in [6.07, 6.45) is 1.27. The summed E-state index contributed by atoms with van der Waals surface area (Å²) in [5, 5.41) is 5.46. The monoisotopic (exact) mass is 429 g/mol. The third-order valence-corrected chi connectivity index (χ3v) is 6.41. The predicted molar refractivity (Wildman–Crippen MR) is 130 cm³/mol. The second-order valence-corrected chi connectivity index (χ2v) is 8.63. The highest BCUT2D eigenvalue weighted by molar-refractivity contribution is 5.93. The number of piperazine rings is 1. The standard InChI is InChI=1S/C27H31N3O2/c1-20-6-5-9-25(21(20)2)28-26(31)19-29-14-16-30(17-15-29)27(32)13-11-22-10-12-23-7-3-4-8-24(23)18-22/h3-10,12,18H,11,13-17,19H2,1-2H3,(H,28,31). The van der Waals surface area contributed by atoms with Gasteiger partial charge in [0, 0.05) is 38.3 Å². The summed E-state index contributed by atoms with van der Waals surface area (Å²) >= 11 is 0. The molecule has 0 spiro atoms. The Balaban J connectivity index is 1.22. The first kappa shape index (κ1) is 22.0. The molecule has 0 bridgehead atoms. The number of benzene rings is 3. The number of hydrogen-bond acceptors (Lipinski definition) is 3. The molecule has 0 unspecified atom stereocenters. The topological polar surface area (TPSA) is 52.7 Å². The molecule has 1 fully saturated rings. The summed E-state index contributed by atoms with van der Waals surface area (Å²) in [6, 6.07) is 20.6. The van der Waals surface area contributed by atoms with E-state index in [4.69, 9.17) is 0 Å². The van der Waals surface area contributed by atoms with E-state index >= 15 is 0 Å². The zero-order valence-electron chi connectivity index (χ0n) is 18.9. The molecule has 0 saturated carbocycles. The van der Waals surface area contributed by atoms with Crippen molar-refractivity contribution in [2.24, 2.45) is 0 Å². The van der Waals surface area contributed by atoms with Crippen molar-refractivity contribution in [3.63, 3.8) is 0 Å². The van der Waals surface area contributed by atoms with E-state index in [1.54, 1.807) is 0 Å². The van der Waals surface area contributed by atoms with Gasteiger partial charge in [-0.25, -0.2) is 0 Å². The van der Waals surface area contributed by atoms with Crippen LogP contribution in [0, 0.1) is 13.8 Å². The SMILES string of the molecule is Cc1cccc(NC(=O)CN2CCN(C(=O)CCc3ccc4ccccc4c3)CC2)c1C. The quantitative estimate of drug-likeness (QED) is 0.640. The Morgan fingerprint density at radius 1 is 0.875 bits per heavy atom. The average molecular weight is 430 g/mol. The van der Waals surface area contributed by atoms with Gasteiger partial charge in [-0.2, -0.15) is 0 Å². The number of aryl methyl sites for hydroxylation is 2. The number of amides is 2. The van der Waals surface area contributed by atoms with Gasteiger partial charge in [-0.15, -0.1) is 0 Å². The lowest BCUT2D eigenvalue weighted by molar-refractivity contribution is -0.133. The molecule has 1 N–H and O–H groups in total. The molecule has 0 atom stereocenters. The molecule has 4 rings (SSSR count). The van der Waals surface area contributed by atoms with Gasteiger partial charge in [0.25, 0.3) is 0 Å². The molecule has 3 aromatic rings. The zero-order chi connectivity index (χ0) is 22.5. The minimum Gasteiger partial charge on any atom is -0.340 e. The highest BCUT2D eigenvalue weighted by Crippen LogP contribution is 2.19. The first-order valence-corrected chi connectivity index (χ1v) is 11.3. The van der Waals surface area contributed by atoms with Crippen LogP contribution in [-0.4, -0.2) is 54.3 Å². The Hall–Kier alpha value is -3.18. The van der Waals surface area contributed by atoms with Gasteiger partial charge in [-0.1, -0.05) is 54.6 Å². The molecule has 3 aromatic carbocycles. The number of carbonyl (C=O) groups excluding carboxylic acids is 2. The van der Waals surface area contributed by atoms with Crippen molar-refractivity contribution >= 4 is 28.3 Å². The summed E-state index contributed by atoms with van der Waals surface area (Å²) in [4.78, 5) is 29.2. The van der Waals surface area contributed by atoms with Crippen molar-refractivity contribution < 1.29 is 9.59 Å². The molecular formula is C27H31N3O2. The van der Waals surface area contributed by atoms with E-state index in [0.717, 1.165) is 30.8 Å². The van der Waals surface area contributed by atoms with Crippen LogP contribution < -0.4 is 5.32 Å². The van der Waals surface area contributed by atoms with E-state index < -0.39 is 0 Å². The Morgan fingerprint density at radius 3 is 2.41 bits per heavy atom. The molecule has 5 nitrogen and oxygen atoms in total. The normalized spacial score (nSPS) is 14.5. The van der Waals surface area contributed by atoms with E-state index in [1.807, 2.05) is 49.1 Å². The van der Waals surface area contributed by atoms with Crippen LogP contribution in [0.25, 0.3) is 10.8 Å². The smallest absolute Gasteiger partial charge is 0.238 e. The fourth-order valence-corrected chi connectivity index (χ4v) is 4.24. The number of nitrogens with zero attached hydrogens (tertiary/aromatic N) is 2. The zero-order valence-corrected chi connectivity index (χ0v) is 18.9. The van der Waals surface area contributed by atoms with Crippen LogP contribution in [-0.2, 0) is 16.0 Å². The minimum atomic E-state index is -0.00483. The molecule has 2 amide bonds. The maximum atomic E-state index is 12.7. The van der Waals surface area contributed by atoms with Crippen molar-refractivity contribution in [3.8, 4) is 0 Å². The lowest BCUT2D eigenvalue weighted by atomic mass is 10.0. The van der Waals surface area contributed by atoms with Gasteiger partial charge < -0.3 is 10.2 Å². The molecule has 1 saturated heterocycles. The lowest BCUT2D eigenvalue weighted by Gasteiger charge is -2.34. The van der Waals surface area contributed by atoms with Crippen LogP contribution >= 0.6 is 0 Å². The van der Waals surface area contributed by atoms with E-state index in [2.05, 4.69) is 40.5 Å². The Labute approximate surface area is 190 Å². The van der Waals surface area contributed by atoms with Crippen LogP contribution in [0.15, 0.2) is 60.7 Å². The van der Waals surface area contributed by atoms with Crippen molar-refractivity contribution in [2.45, 2.75) is 26.7 Å². The van der Waals surface area contributed by atoms with Gasteiger partial charge in [-0.05, 0) is 53.8 Å². The molecule has 1 aliphatic heterocycles. The molecule has 5 heteroatoms. The number of carbonyl (C=O) groups is 2. The van der Waals surface area contributed by atoms with Gasteiger partial charge in [-0.3, -0.25) is 14.5 Å². The van der Waals surface area contributed by atoms with Crippen LogP contribution in [0.2, 0.25) is 0 Å². The van der Waals surface area contributed by atoms with Gasteiger partial charge >= 0.3 is 0 Å². The third kappa shape index (κ3) is 5.35. The van der Waals surface area contributed by atoms with E-state index in [0.29, 0.717) is 26.1 Å². The molecule has 32 heavy (non-hydrogen) atoms. The number of fused-ring (bicyclic) bond motifs is 1. The number of hydrogen-bond donors (Lipinski definition) is 1. The Bertz CT molecular complexity index is 1120. The number of anilines is 1. The largest absolute Gasteiger partial charge is 0.340 e. The second kappa shape index (κ2) is 9.96. The van der Waals surface area contributed by atoms with Gasteiger partial charge in [0.15, 0.2) is 0 Å². The third-order valence-electron chi connectivity index (χ3n) is 6.41. The summed E-state index contributed by atoms with van der Waals surface area (Å²) < 4.78 is 0. The first-order chi connectivity index (χ1) is 15.5. The van der Waals surface area contributed by atoms with E-state index in [9.17, 15) is 9.59 Å². The summed E-state index contributed by atoms with van der Waals surface area (Å²) in [5.74, 6) is 0.187.